The largest absolute Gasteiger partial charge is 0.393 e. The fourth-order valence-corrected chi connectivity index (χ4v) is 2.76. The summed E-state index contributed by atoms with van der Waals surface area (Å²) in [5.41, 5.74) is 1.49. The molecule has 0 bridgehead atoms. The predicted molar refractivity (Wildman–Crippen MR) is 88.2 cm³/mol. The van der Waals surface area contributed by atoms with Gasteiger partial charge in [0.1, 0.15) is 11.5 Å². The van der Waals surface area contributed by atoms with Crippen LogP contribution in [0.1, 0.15) is 12.8 Å². The van der Waals surface area contributed by atoms with Gasteiger partial charge >= 0.3 is 0 Å². The van der Waals surface area contributed by atoms with Crippen molar-refractivity contribution in [1.29, 1.82) is 0 Å². The molecule has 4 heterocycles. The lowest BCUT2D eigenvalue weighted by Gasteiger charge is -2.30. The van der Waals surface area contributed by atoms with E-state index in [4.69, 9.17) is 4.52 Å². The molecule has 0 atom stereocenters. The second-order valence-electron chi connectivity index (χ2n) is 5.76. The van der Waals surface area contributed by atoms with Gasteiger partial charge in [-0.15, -0.1) is 0 Å². The minimum atomic E-state index is -0.207. The molecule has 0 spiro atoms. The molecule has 0 unspecified atom stereocenters. The van der Waals surface area contributed by atoms with Gasteiger partial charge in [-0.25, -0.2) is 4.98 Å². The fraction of sp³-hybridized carbons (Fsp3) is 0.294. The van der Waals surface area contributed by atoms with Crippen molar-refractivity contribution in [2.45, 2.75) is 18.9 Å². The zero-order valence-corrected chi connectivity index (χ0v) is 13.0. The maximum atomic E-state index is 9.63. The summed E-state index contributed by atoms with van der Waals surface area (Å²) in [7, 11) is 0. The van der Waals surface area contributed by atoms with E-state index in [2.05, 4.69) is 25.0 Å². The molecule has 4 rings (SSSR count). The highest BCUT2D eigenvalue weighted by Crippen LogP contribution is 2.25. The van der Waals surface area contributed by atoms with Crippen LogP contribution in [-0.2, 0) is 0 Å². The molecule has 1 N–H and O–H groups in total. The summed E-state index contributed by atoms with van der Waals surface area (Å²) in [4.78, 5) is 15.2. The molecule has 1 aliphatic heterocycles. The molecular formula is C17H17N5O2. The average molecular weight is 323 g/mol. The van der Waals surface area contributed by atoms with E-state index in [-0.39, 0.29) is 6.10 Å². The summed E-state index contributed by atoms with van der Waals surface area (Å²) >= 11 is 0. The third kappa shape index (κ3) is 2.98. The fourth-order valence-electron chi connectivity index (χ4n) is 2.76. The molecule has 3 aromatic heterocycles. The molecule has 0 aliphatic carbocycles. The van der Waals surface area contributed by atoms with Crippen LogP contribution in [0, 0.1) is 0 Å². The minimum absolute atomic E-state index is 0.207. The molecule has 1 aliphatic rings. The van der Waals surface area contributed by atoms with Crippen LogP contribution in [0.25, 0.3) is 23.0 Å². The molecule has 24 heavy (non-hydrogen) atoms. The van der Waals surface area contributed by atoms with Crippen molar-refractivity contribution >= 4 is 5.82 Å². The molecule has 3 aromatic rings. The quantitative estimate of drug-likeness (QED) is 0.790. The third-order valence-electron chi connectivity index (χ3n) is 4.10. The van der Waals surface area contributed by atoms with Crippen LogP contribution < -0.4 is 4.90 Å². The monoisotopic (exact) mass is 323 g/mol. The molecule has 0 aromatic carbocycles. The maximum Gasteiger partial charge on any atom is 0.258 e. The number of aliphatic hydroxyl groups excluding tert-OH is 1. The van der Waals surface area contributed by atoms with Crippen molar-refractivity contribution in [2.75, 3.05) is 18.0 Å². The molecular weight excluding hydrogens is 306 g/mol. The highest BCUT2D eigenvalue weighted by molar-refractivity contribution is 5.61. The van der Waals surface area contributed by atoms with Gasteiger partial charge in [-0.05, 0) is 37.1 Å². The molecule has 0 saturated carbocycles. The van der Waals surface area contributed by atoms with E-state index in [9.17, 15) is 5.11 Å². The first-order valence-corrected chi connectivity index (χ1v) is 7.94. The second kappa shape index (κ2) is 6.37. The minimum Gasteiger partial charge on any atom is -0.393 e. The Morgan fingerprint density at radius 1 is 1.08 bits per heavy atom. The number of hydrogen-bond acceptors (Lipinski definition) is 7. The summed E-state index contributed by atoms with van der Waals surface area (Å²) in [6, 6.07) is 9.35. The number of hydrogen-bond donors (Lipinski definition) is 1. The molecule has 122 valence electrons. The predicted octanol–water partition coefficient (Wildman–Crippen LogP) is 2.15. The van der Waals surface area contributed by atoms with E-state index in [1.54, 1.807) is 12.4 Å². The lowest BCUT2D eigenvalue weighted by atomic mass is 10.1. The zero-order chi connectivity index (χ0) is 16.4. The number of aromatic nitrogens is 4. The van der Waals surface area contributed by atoms with Crippen LogP contribution in [-0.4, -0.2) is 44.4 Å². The highest BCUT2D eigenvalue weighted by Gasteiger charge is 2.19. The van der Waals surface area contributed by atoms with E-state index in [0.717, 1.165) is 37.3 Å². The molecule has 1 fully saturated rings. The van der Waals surface area contributed by atoms with E-state index >= 15 is 0 Å². The normalized spacial score (nSPS) is 15.6. The Morgan fingerprint density at radius 2 is 1.96 bits per heavy atom. The van der Waals surface area contributed by atoms with Gasteiger partial charge in [0.15, 0.2) is 0 Å². The average Bonchev–Trinajstić information content (AvgIpc) is 3.13. The zero-order valence-electron chi connectivity index (χ0n) is 13.0. The first kappa shape index (κ1) is 14.8. The van der Waals surface area contributed by atoms with Crippen molar-refractivity contribution in [3.05, 3.63) is 42.7 Å². The molecule has 7 heteroatoms. The topological polar surface area (TPSA) is 88.2 Å². The summed E-state index contributed by atoms with van der Waals surface area (Å²) in [6.45, 7) is 1.58. The molecule has 1 saturated heterocycles. The Balaban J connectivity index is 1.59. The van der Waals surface area contributed by atoms with E-state index in [0.29, 0.717) is 17.4 Å². The highest BCUT2D eigenvalue weighted by atomic mass is 16.5. The van der Waals surface area contributed by atoms with Crippen molar-refractivity contribution < 1.29 is 9.63 Å². The number of rotatable bonds is 3. The van der Waals surface area contributed by atoms with Crippen LogP contribution in [0.3, 0.4) is 0 Å². The number of aliphatic hydroxyl groups is 1. The molecule has 0 radical (unpaired) electrons. The van der Waals surface area contributed by atoms with Gasteiger partial charge in [0.05, 0.1) is 6.10 Å². The van der Waals surface area contributed by atoms with Crippen LogP contribution in [0.2, 0.25) is 0 Å². The van der Waals surface area contributed by atoms with Crippen molar-refractivity contribution in [1.82, 2.24) is 20.1 Å². The first-order chi connectivity index (χ1) is 11.8. The van der Waals surface area contributed by atoms with Gasteiger partial charge in [0.2, 0.25) is 5.82 Å². The summed E-state index contributed by atoms with van der Waals surface area (Å²) in [6.07, 6.45) is 4.74. The summed E-state index contributed by atoms with van der Waals surface area (Å²) < 4.78 is 5.38. The Bertz CT molecular complexity index is 813. The van der Waals surface area contributed by atoms with Gasteiger partial charge < -0.3 is 14.5 Å². The summed E-state index contributed by atoms with van der Waals surface area (Å²) in [5, 5.41) is 13.6. The lowest BCUT2D eigenvalue weighted by molar-refractivity contribution is 0.145. The Hall–Kier alpha value is -2.80. The maximum absolute atomic E-state index is 9.63. The number of nitrogens with zero attached hydrogens (tertiary/aromatic N) is 5. The summed E-state index contributed by atoms with van der Waals surface area (Å²) in [5.74, 6) is 1.76. The number of pyridine rings is 2. The van der Waals surface area contributed by atoms with Crippen LogP contribution in [0.4, 0.5) is 5.82 Å². The first-order valence-electron chi connectivity index (χ1n) is 7.94. The smallest absolute Gasteiger partial charge is 0.258 e. The van der Waals surface area contributed by atoms with Crippen molar-refractivity contribution in [3.8, 4) is 23.0 Å². The third-order valence-corrected chi connectivity index (χ3v) is 4.10. The van der Waals surface area contributed by atoms with Crippen molar-refractivity contribution in [2.24, 2.45) is 0 Å². The van der Waals surface area contributed by atoms with Gasteiger partial charge in [0.25, 0.3) is 5.89 Å². The van der Waals surface area contributed by atoms with E-state index in [1.807, 2.05) is 30.3 Å². The lowest BCUT2D eigenvalue weighted by Crippen LogP contribution is -2.36. The van der Waals surface area contributed by atoms with Gasteiger partial charge in [-0.3, -0.25) is 4.98 Å². The molecule has 7 nitrogen and oxygen atoms in total. The Kier molecular flexibility index (Phi) is 3.92. The van der Waals surface area contributed by atoms with E-state index < -0.39 is 0 Å². The van der Waals surface area contributed by atoms with Gasteiger partial charge in [0, 0.05) is 31.0 Å². The van der Waals surface area contributed by atoms with E-state index in [1.165, 1.54) is 0 Å². The van der Waals surface area contributed by atoms with Crippen LogP contribution in [0.5, 0.6) is 0 Å². The van der Waals surface area contributed by atoms with Gasteiger partial charge in [-0.2, -0.15) is 4.98 Å². The van der Waals surface area contributed by atoms with Crippen LogP contribution >= 0.6 is 0 Å². The Labute approximate surface area is 139 Å². The Morgan fingerprint density at radius 3 is 2.75 bits per heavy atom. The second-order valence-corrected chi connectivity index (χ2v) is 5.76. The van der Waals surface area contributed by atoms with Crippen molar-refractivity contribution in [3.63, 3.8) is 0 Å². The number of anilines is 1. The van der Waals surface area contributed by atoms with Crippen LogP contribution in [0.15, 0.2) is 47.2 Å². The number of piperidine rings is 1. The molecule has 0 amide bonds. The SMILES string of the molecule is OC1CCN(c2cc(-c3nc(-c4ccccn4)no3)ccn2)CC1. The standard InChI is InChI=1S/C17H17N5O2/c23-13-5-9-22(10-6-13)15-11-12(4-8-19-15)17-20-16(21-24-17)14-3-1-2-7-18-14/h1-4,7-8,11,13,23H,5-6,9-10H2. The van der Waals surface area contributed by atoms with Gasteiger partial charge in [-0.1, -0.05) is 11.2 Å².